The van der Waals surface area contributed by atoms with Crippen molar-refractivity contribution in [2.24, 2.45) is 0 Å². The number of para-hydroxylation sites is 1. The van der Waals surface area contributed by atoms with Gasteiger partial charge in [0.1, 0.15) is 11.3 Å². The van der Waals surface area contributed by atoms with Crippen molar-refractivity contribution in [3.8, 4) is 67.5 Å². The van der Waals surface area contributed by atoms with E-state index in [-0.39, 0.29) is 0 Å². The molecular weight excluding hydrogens is 741 g/mol. The fraction of sp³-hybridized carbons (Fsp3) is 0. The first-order valence-corrected chi connectivity index (χ1v) is 20.7. The van der Waals surface area contributed by atoms with E-state index in [2.05, 4.69) is 182 Å². The monoisotopic (exact) mass is 776 g/mol. The number of fused-ring (bicyclic) bond motifs is 6. The zero-order valence-corrected chi connectivity index (χ0v) is 33.1. The summed E-state index contributed by atoms with van der Waals surface area (Å²) in [5, 5.41) is 10.9. The molecule has 0 saturated heterocycles. The van der Waals surface area contributed by atoms with Crippen LogP contribution >= 0.6 is 0 Å². The molecule has 12 rings (SSSR count). The van der Waals surface area contributed by atoms with Crippen molar-refractivity contribution >= 4 is 54.1 Å². The number of hydrogen-bond acceptors (Lipinski definition) is 3. The van der Waals surface area contributed by atoms with Gasteiger partial charge in [-0.25, -0.2) is 9.97 Å². The Kier molecular flexibility index (Phi) is 8.17. The maximum Gasteiger partial charge on any atom is 0.160 e. The summed E-state index contributed by atoms with van der Waals surface area (Å²) >= 11 is 0. The summed E-state index contributed by atoms with van der Waals surface area (Å²) in [5.74, 6) is 1.54. The molecule has 0 aliphatic rings. The Bertz CT molecular complexity index is 3590. The van der Waals surface area contributed by atoms with Gasteiger partial charge in [0.25, 0.3) is 0 Å². The van der Waals surface area contributed by atoms with Gasteiger partial charge in [-0.2, -0.15) is 0 Å². The Morgan fingerprint density at radius 2 is 0.836 bits per heavy atom. The Labute approximate surface area is 352 Å². The van der Waals surface area contributed by atoms with E-state index in [4.69, 9.17) is 14.4 Å². The van der Waals surface area contributed by atoms with E-state index in [1.54, 1.807) is 0 Å². The molecule has 0 aliphatic carbocycles. The third kappa shape index (κ3) is 6.06. The average molecular weight is 777 g/mol. The minimum atomic E-state index is 0.690. The first kappa shape index (κ1) is 34.9. The number of furan rings is 1. The van der Waals surface area contributed by atoms with Gasteiger partial charge >= 0.3 is 0 Å². The van der Waals surface area contributed by atoms with Crippen LogP contribution in [-0.2, 0) is 0 Å². The number of hydrogen-bond donors (Lipinski definition) is 0. The van der Waals surface area contributed by atoms with E-state index < -0.39 is 0 Å². The molecule has 0 unspecified atom stereocenters. The predicted molar refractivity (Wildman–Crippen MR) is 254 cm³/mol. The van der Waals surface area contributed by atoms with Gasteiger partial charge in [0, 0.05) is 27.6 Å². The van der Waals surface area contributed by atoms with Gasteiger partial charge in [0.2, 0.25) is 0 Å². The fourth-order valence-electron chi connectivity index (χ4n) is 9.11. The second kappa shape index (κ2) is 14.3. The van der Waals surface area contributed by atoms with Crippen molar-refractivity contribution in [1.29, 1.82) is 0 Å². The molecule has 0 bridgehead atoms. The molecule has 2 heterocycles. The zero-order chi connectivity index (χ0) is 40.3. The minimum Gasteiger partial charge on any atom is -0.456 e. The van der Waals surface area contributed by atoms with Gasteiger partial charge < -0.3 is 4.42 Å². The van der Waals surface area contributed by atoms with Crippen LogP contribution in [0.25, 0.3) is 122 Å². The molecular formula is C58H36N2O. The fourth-order valence-corrected chi connectivity index (χ4v) is 9.11. The molecule has 0 amide bonds. The lowest BCUT2D eigenvalue weighted by Gasteiger charge is -2.19. The summed E-state index contributed by atoms with van der Waals surface area (Å²) in [4.78, 5) is 10.3. The quantitative estimate of drug-likeness (QED) is 0.125. The van der Waals surface area contributed by atoms with Gasteiger partial charge in [-0.1, -0.05) is 188 Å². The van der Waals surface area contributed by atoms with Crippen molar-refractivity contribution in [1.82, 2.24) is 9.97 Å². The third-order valence-electron chi connectivity index (χ3n) is 12.1. The van der Waals surface area contributed by atoms with Crippen molar-refractivity contribution in [3.63, 3.8) is 0 Å². The normalized spacial score (nSPS) is 11.6. The highest BCUT2D eigenvalue weighted by molar-refractivity contribution is 6.28. The smallest absolute Gasteiger partial charge is 0.160 e. The summed E-state index contributed by atoms with van der Waals surface area (Å²) in [5.41, 5.74) is 11.6. The topological polar surface area (TPSA) is 38.9 Å². The second-order valence-electron chi connectivity index (χ2n) is 15.7. The van der Waals surface area contributed by atoms with Crippen LogP contribution in [0.15, 0.2) is 223 Å². The van der Waals surface area contributed by atoms with E-state index in [0.29, 0.717) is 5.82 Å². The molecule has 3 heteroatoms. The van der Waals surface area contributed by atoms with Crippen LogP contribution in [0.4, 0.5) is 0 Å². The number of nitrogens with zero attached hydrogens (tertiary/aromatic N) is 2. The molecule has 0 saturated carbocycles. The van der Waals surface area contributed by atoms with Crippen LogP contribution in [0, 0.1) is 0 Å². The molecule has 0 N–H and O–H groups in total. The Hall–Kier alpha value is -8.14. The molecule has 0 fully saturated rings. The molecule has 284 valence electrons. The van der Waals surface area contributed by atoms with E-state index in [1.165, 1.54) is 60.0 Å². The van der Waals surface area contributed by atoms with Crippen LogP contribution < -0.4 is 0 Å². The first-order valence-electron chi connectivity index (χ1n) is 20.7. The lowest BCUT2D eigenvalue weighted by atomic mass is 9.83. The van der Waals surface area contributed by atoms with Crippen LogP contribution in [-0.4, -0.2) is 9.97 Å². The van der Waals surface area contributed by atoms with Gasteiger partial charge in [-0.15, -0.1) is 0 Å². The van der Waals surface area contributed by atoms with E-state index in [0.717, 1.165) is 55.8 Å². The Morgan fingerprint density at radius 1 is 0.295 bits per heavy atom. The number of aromatic nitrogens is 2. The van der Waals surface area contributed by atoms with Gasteiger partial charge in [-0.05, 0) is 95.7 Å². The lowest BCUT2D eigenvalue weighted by Crippen LogP contribution is -1.96. The first-order chi connectivity index (χ1) is 30.2. The van der Waals surface area contributed by atoms with Gasteiger partial charge in [-0.3, -0.25) is 0 Å². The third-order valence-corrected chi connectivity index (χ3v) is 12.1. The van der Waals surface area contributed by atoms with Gasteiger partial charge in [0.05, 0.1) is 11.4 Å². The molecule has 12 aromatic rings. The number of benzene rings is 10. The summed E-state index contributed by atoms with van der Waals surface area (Å²) < 4.78 is 6.17. The van der Waals surface area contributed by atoms with Crippen molar-refractivity contribution in [3.05, 3.63) is 218 Å². The highest BCUT2D eigenvalue weighted by Crippen LogP contribution is 2.46. The standard InChI is InChI=1S/C58H36N2O/c1-3-14-40(15-4-1)55-48-20-10-11-21-49(48)56(57-47-19-9-7-13-37(47)31-32-50(55)57)46-30-28-42-33-44(29-27-43(42)34-46)52-36-51(59-58(60-52)41-16-5-2-6-17-41)38-23-25-39(26-24-38)54-35-45-18-8-12-22-53(45)61-54/h1-36H. The highest BCUT2D eigenvalue weighted by atomic mass is 16.3. The highest BCUT2D eigenvalue weighted by Gasteiger charge is 2.19. The van der Waals surface area contributed by atoms with Crippen LogP contribution in [0.5, 0.6) is 0 Å². The maximum atomic E-state index is 6.17. The van der Waals surface area contributed by atoms with Crippen molar-refractivity contribution in [2.75, 3.05) is 0 Å². The summed E-state index contributed by atoms with van der Waals surface area (Å²) in [6, 6.07) is 77.7. The largest absolute Gasteiger partial charge is 0.456 e. The minimum absolute atomic E-state index is 0.690. The Morgan fingerprint density at radius 3 is 1.57 bits per heavy atom. The maximum absolute atomic E-state index is 6.17. The molecule has 0 atom stereocenters. The van der Waals surface area contributed by atoms with Crippen LogP contribution in [0.3, 0.4) is 0 Å². The number of rotatable bonds is 6. The van der Waals surface area contributed by atoms with Crippen molar-refractivity contribution < 1.29 is 4.42 Å². The molecule has 61 heavy (non-hydrogen) atoms. The Balaban J connectivity index is 0.987. The molecule has 10 aromatic carbocycles. The SMILES string of the molecule is c1ccc(-c2nc(-c3ccc(-c4cc5ccccc5o4)cc3)cc(-c3ccc4cc(-c5c6ccccc6c(-c6ccccc6)c6ccc7ccccc7c56)ccc4c3)n2)cc1. The summed E-state index contributed by atoms with van der Waals surface area (Å²) in [6.45, 7) is 0. The van der Waals surface area contributed by atoms with Crippen LogP contribution in [0.1, 0.15) is 0 Å². The summed E-state index contributed by atoms with van der Waals surface area (Å²) in [6.07, 6.45) is 0. The van der Waals surface area contributed by atoms with E-state index >= 15 is 0 Å². The van der Waals surface area contributed by atoms with E-state index in [9.17, 15) is 0 Å². The second-order valence-corrected chi connectivity index (χ2v) is 15.7. The molecule has 3 nitrogen and oxygen atoms in total. The molecule has 2 aromatic heterocycles. The average Bonchev–Trinajstić information content (AvgIpc) is 3.78. The van der Waals surface area contributed by atoms with Gasteiger partial charge in [0.15, 0.2) is 5.82 Å². The van der Waals surface area contributed by atoms with E-state index in [1.807, 2.05) is 36.4 Å². The summed E-state index contributed by atoms with van der Waals surface area (Å²) in [7, 11) is 0. The van der Waals surface area contributed by atoms with Crippen molar-refractivity contribution in [2.45, 2.75) is 0 Å². The molecule has 0 aliphatic heterocycles. The molecule has 0 spiro atoms. The zero-order valence-electron chi connectivity index (χ0n) is 33.1. The lowest BCUT2D eigenvalue weighted by molar-refractivity contribution is 0.631. The van der Waals surface area contributed by atoms with Crippen LogP contribution in [0.2, 0.25) is 0 Å². The molecule has 0 radical (unpaired) electrons. The predicted octanol–water partition coefficient (Wildman–Crippen LogP) is 15.8.